The second-order valence-electron chi connectivity index (χ2n) is 2.02. The van der Waals surface area contributed by atoms with E-state index in [1.165, 1.54) is 12.1 Å². The summed E-state index contributed by atoms with van der Waals surface area (Å²) in [5.41, 5.74) is -0.614. The molecule has 0 aromatic heterocycles. The normalized spacial score (nSPS) is 11.5. The van der Waals surface area contributed by atoms with Crippen molar-refractivity contribution in [2.24, 2.45) is 0 Å². The van der Waals surface area contributed by atoms with Crippen LogP contribution in [0, 0.1) is 0 Å². The third-order valence-corrected chi connectivity index (χ3v) is 1.75. The van der Waals surface area contributed by atoms with Gasteiger partial charge in [-0.05, 0) is 0 Å². The summed E-state index contributed by atoms with van der Waals surface area (Å²) in [6.07, 6.45) is -4.23. The molecule has 0 atom stereocenters. The topological polar surface area (TPSA) is 0 Å². The van der Waals surface area contributed by atoms with E-state index in [2.05, 4.69) is 16.0 Å². The first-order chi connectivity index (χ1) is 5.00. The average Bonchev–Trinajstić information content (AvgIpc) is 1.86. The van der Waals surface area contributed by atoms with Gasteiger partial charge in [-0.25, -0.2) is 0 Å². The van der Waals surface area contributed by atoms with Gasteiger partial charge in [0.25, 0.3) is 0 Å². The first-order valence-corrected chi connectivity index (χ1v) is 3.70. The minimum absolute atomic E-state index is 0.614. The van der Waals surface area contributed by atoms with E-state index >= 15 is 0 Å². The molecule has 60 valence electrons. The van der Waals surface area contributed by atoms with E-state index in [4.69, 9.17) is 0 Å². The second kappa shape index (κ2) is 2.87. The molecule has 1 rings (SSSR count). The summed E-state index contributed by atoms with van der Waals surface area (Å²) in [6, 6.07) is 4.88. The Morgan fingerprint density at radius 1 is 1.00 bits per heavy atom. The van der Waals surface area contributed by atoms with E-state index in [0.717, 1.165) is 12.1 Å². The Morgan fingerprint density at radius 3 is 1.82 bits per heavy atom. The molecule has 4 heteroatoms. The predicted molar refractivity (Wildman–Crippen MR) is 36.8 cm³/mol. The molecule has 0 aliphatic carbocycles. The Hall–Kier alpha value is -0.471. The van der Waals surface area contributed by atoms with Crippen LogP contribution in [0.15, 0.2) is 24.3 Å². The Kier molecular flexibility index (Phi) is 2.25. The van der Waals surface area contributed by atoms with Gasteiger partial charge in [0.2, 0.25) is 0 Å². The molecule has 0 saturated heterocycles. The van der Waals surface area contributed by atoms with Crippen molar-refractivity contribution in [1.29, 1.82) is 0 Å². The van der Waals surface area contributed by atoms with Crippen molar-refractivity contribution in [2.45, 2.75) is 6.18 Å². The Morgan fingerprint density at radius 2 is 1.45 bits per heavy atom. The number of hydrogen-bond acceptors (Lipinski definition) is 0. The standard InChI is InChI=1S/C7H5F3Se/c8-7(9,10)5-1-3-6(11)4-2-5/h1-4,11H/p-1. The monoisotopic (exact) mass is 225 g/mol. The molecule has 0 fully saturated rings. The number of benzene rings is 1. The molecule has 0 N–H and O–H groups in total. The molecule has 0 aliphatic heterocycles. The summed E-state index contributed by atoms with van der Waals surface area (Å²) in [4.78, 5) is 0. The first kappa shape index (κ1) is 8.62. The minimum atomic E-state index is -4.23. The first-order valence-electron chi connectivity index (χ1n) is 2.84. The fraction of sp³-hybridized carbons (Fsp3) is 0.143. The van der Waals surface area contributed by atoms with Crippen LogP contribution in [0.3, 0.4) is 0 Å². The van der Waals surface area contributed by atoms with Crippen molar-refractivity contribution in [3.05, 3.63) is 29.8 Å². The zero-order chi connectivity index (χ0) is 8.48. The summed E-state index contributed by atoms with van der Waals surface area (Å²) >= 11 is 2.61. The summed E-state index contributed by atoms with van der Waals surface area (Å²) in [7, 11) is 0. The number of alkyl halides is 3. The van der Waals surface area contributed by atoms with Crippen LogP contribution in [0.5, 0.6) is 0 Å². The fourth-order valence-electron chi connectivity index (χ4n) is 0.644. The number of rotatable bonds is 0. The molecular weight excluding hydrogens is 220 g/mol. The average molecular weight is 224 g/mol. The van der Waals surface area contributed by atoms with Gasteiger partial charge in [0.05, 0.1) is 0 Å². The van der Waals surface area contributed by atoms with Crippen molar-refractivity contribution < 1.29 is 13.2 Å². The van der Waals surface area contributed by atoms with E-state index < -0.39 is 11.7 Å². The molecule has 0 aliphatic rings. The van der Waals surface area contributed by atoms with Crippen LogP contribution in [-0.2, 0) is 6.18 Å². The maximum atomic E-state index is 11.9. The molecule has 1 aromatic rings. The van der Waals surface area contributed by atoms with E-state index in [9.17, 15) is 13.2 Å². The molecule has 0 amide bonds. The molecule has 0 heterocycles. The van der Waals surface area contributed by atoms with E-state index in [1.807, 2.05) is 0 Å². The molecule has 0 radical (unpaired) electrons. The Bertz CT molecular complexity index is 237. The van der Waals surface area contributed by atoms with Crippen LogP contribution in [-0.4, -0.2) is 16.0 Å². The van der Waals surface area contributed by atoms with Gasteiger partial charge in [-0.1, -0.05) is 0 Å². The van der Waals surface area contributed by atoms with E-state index in [-0.39, 0.29) is 0 Å². The molecule has 11 heavy (non-hydrogen) atoms. The summed E-state index contributed by atoms with van der Waals surface area (Å²) < 4.78 is 36.4. The third-order valence-electron chi connectivity index (χ3n) is 1.18. The van der Waals surface area contributed by atoms with Crippen LogP contribution >= 0.6 is 0 Å². The maximum absolute atomic E-state index is 11.9. The van der Waals surface area contributed by atoms with E-state index in [0.29, 0.717) is 4.46 Å². The SMILES string of the molecule is FC(F)(F)c1ccc([Se-])cc1. The zero-order valence-corrected chi connectivity index (χ0v) is 7.06. The molecule has 0 unspecified atom stereocenters. The van der Waals surface area contributed by atoms with Crippen LogP contribution in [0.2, 0.25) is 0 Å². The van der Waals surface area contributed by atoms with Gasteiger partial charge < -0.3 is 0 Å². The summed E-state index contributed by atoms with van der Waals surface area (Å²) in [5, 5.41) is 0. The summed E-state index contributed by atoms with van der Waals surface area (Å²) in [5.74, 6) is 0. The Labute approximate surface area is 70.2 Å². The predicted octanol–water partition coefficient (Wildman–Crippen LogP) is 1.50. The van der Waals surface area contributed by atoms with Gasteiger partial charge in [-0.3, -0.25) is 0 Å². The third kappa shape index (κ3) is 2.24. The summed E-state index contributed by atoms with van der Waals surface area (Å²) in [6.45, 7) is 0. The molecule has 0 bridgehead atoms. The Balaban J connectivity index is 2.99. The van der Waals surface area contributed by atoms with Crippen molar-refractivity contribution in [1.82, 2.24) is 0 Å². The van der Waals surface area contributed by atoms with Crippen molar-refractivity contribution in [2.75, 3.05) is 0 Å². The fourth-order valence-corrected chi connectivity index (χ4v) is 0.929. The molecular formula is C7H4F3Se-. The van der Waals surface area contributed by atoms with Crippen molar-refractivity contribution >= 4 is 20.5 Å². The van der Waals surface area contributed by atoms with Crippen molar-refractivity contribution in [3.8, 4) is 0 Å². The molecule has 0 saturated carbocycles. The second-order valence-corrected chi connectivity index (χ2v) is 3.01. The van der Waals surface area contributed by atoms with Gasteiger partial charge in [0.15, 0.2) is 0 Å². The van der Waals surface area contributed by atoms with Gasteiger partial charge in [-0.15, -0.1) is 0 Å². The molecule has 0 spiro atoms. The quantitative estimate of drug-likeness (QED) is 0.586. The molecule has 1 aromatic carbocycles. The van der Waals surface area contributed by atoms with Gasteiger partial charge in [-0.2, -0.15) is 0 Å². The number of halogens is 3. The number of hydrogen-bond donors (Lipinski definition) is 0. The van der Waals surface area contributed by atoms with E-state index in [1.54, 1.807) is 0 Å². The molecule has 0 nitrogen and oxygen atoms in total. The van der Waals surface area contributed by atoms with Gasteiger partial charge in [0, 0.05) is 0 Å². The van der Waals surface area contributed by atoms with Gasteiger partial charge >= 0.3 is 69.7 Å². The van der Waals surface area contributed by atoms with Crippen LogP contribution in [0.4, 0.5) is 13.2 Å². The van der Waals surface area contributed by atoms with Crippen LogP contribution < -0.4 is 4.46 Å². The van der Waals surface area contributed by atoms with Crippen molar-refractivity contribution in [3.63, 3.8) is 0 Å². The van der Waals surface area contributed by atoms with Gasteiger partial charge in [0.1, 0.15) is 0 Å². The van der Waals surface area contributed by atoms with Crippen LogP contribution in [0.25, 0.3) is 0 Å². The van der Waals surface area contributed by atoms with Crippen LogP contribution in [0.1, 0.15) is 5.56 Å². The zero-order valence-electron chi connectivity index (χ0n) is 5.35.